The molecule has 7 nitrogen and oxygen atoms in total. The van der Waals surface area contributed by atoms with Crippen LogP contribution in [0.1, 0.15) is 68.8 Å². The van der Waals surface area contributed by atoms with Crippen molar-refractivity contribution in [2.45, 2.75) is 83.8 Å². The lowest BCUT2D eigenvalue weighted by Gasteiger charge is -2.52. The molecule has 166 valence electrons. The van der Waals surface area contributed by atoms with E-state index >= 15 is 0 Å². The molecule has 0 saturated heterocycles. The van der Waals surface area contributed by atoms with E-state index in [0.29, 0.717) is 5.41 Å². The molecule has 3 aliphatic carbocycles. The molecule has 0 unspecified atom stereocenters. The lowest BCUT2D eigenvalue weighted by atomic mass is 9.57. The lowest BCUT2D eigenvalue weighted by Crippen LogP contribution is -2.53. The minimum atomic E-state index is 0.121. The van der Waals surface area contributed by atoms with E-state index in [1.54, 1.807) is 0 Å². The number of aryl methyl sites for hydroxylation is 1. The molecular formula is C24H35N7. The molecule has 7 heteroatoms. The second-order valence-corrected chi connectivity index (χ2v) is 10.1. The molecule has 0 atom stereocenters. The fourth-order valence-corrected chi connectivity index (χ4v) is 5.80. The van der Waals surface area contributed by atoms with Crippen LogP contribution in [0.5, 0.6) is 0 Å². The summed E-state index contributed by atoms with van der Waals surface area (Å²) in [6.45, 7) is 11.1. The Morgan fingerprint density at radius 1 is 1.26 bits per heavy atom. The highest BCUT2D eigenvalue weighted by Crippen LogP contribution is 2.52. The molecule has 0 spiro atoms. The van der Waals surface area contributed by atoms with Crippen molar-refractivity contribution in [1.29, 1.82) is 0 Å². The number of rotatable bonds is 4. The predicted molar refractivity (Wildman–Crippen MR) is 125 cm³/mol. The van der Waals surface area contributed by atoms with Crippen molar-refractivity contribution in [3.63, 3.8) is 0 Å². The molecule has 31 heavy (non-hydrogen) atoms. The zero-order chi connectivity index (χ0) is 21.6. The number of hydrogen-bond acceptors (Lipinski definition) is 4. The Bertz CT molecular complexity index is 946. The van der Waals surface area contributed by atoms with Gasteiger partial charge >= 0.3 is 0 Å². The summed E-state index contributed by atoms with van der Waals surface area (Å²) in [5.74, 6) is 2.45. The van der Waals surface area contributed by atoms with Gasteiger partial charge in [-0.2, -0.15) is 5.10 Å². The summed E-state index contributed by atoms with van der Waals surface area (Å²) < 4.78 is 2.33. The molecule has 2 bridgehead atoms. The van der Waals surface area contributed by atoms with E-state index in [-0.39, 0.29) is 5.54 Å². The highest BCUT2D eigenvalue weighted by atomic mass is 15.3. The van der Waals surface area contributed by atoms with Crippen molar-refractivity contribution in [2.75, 3.05) is 6.54 Å². The number of nitrogens with two attached hydrogens (primary N) is 1. The monoisotopic (exact) mass is 421 g/mol. The Morgan fingerprint density at radius 3 is 2.68 bits per heavy atom. The largest absolute Gasteiger partial charge is 0.352 e. The first-order chi connectivity index (χ1) is 14.8. The highest BCUT2D eigenvalue weighted by molar-refractivity contribution is 5.98. The van der Waals surface area contributed by atoms with Crippen LogP contribution in [0, 0.1) is 12.3 Å². The SMILES string of the molecule is C=C(/N=C(C)\N=C1/CC=CN1)N1CCc2c(c(C)nn2CC23CCC(N)(CC2)CC3)C1. The first kappa shape index (κ1) is 20.5. The maximum Gasteiger partial charge on any atom is 0.129 e. The third-order valence-electron chi connectivity index (χ3n) is 7.91. The Morgan fingerprint density at radius 2 is 2.00 bits per heavy atom. The minimum absolute atomic E-state index is 0.121. The first-order valence-corrected chi connectivity index (χ1v) is 11.7. The van der Waals surface area contributed by atoms with Gasteiger partial charge in [0, 0.05) is 49.3 Å². The third-order valence-corrected chi connectivity index (χ3v) is 7.91. The fraction of sp³-hybridized carbons (Fsp3) is 0.625. The molecule has 3 heterocycles. The van der Waals surface area contributed by atoms with Gasteiger partial charge in [0.05, 0.1) is 5.69 Å². The van der Waals surface area contributed by atoms with Gasteiger partial charge in [-0.3, -0.25) is 4.68 Å². The maximum atomic E-state index is 6.53. The lowest BCUT2D eigenvalue weighted by molar-refractivity contribution is 0.0262. The zero-order valence-corrected chi connectivity index (χ0v) is 19.0. The van der Waals surface area contributed by atoms with Crippen LogP contribution in [-0.2, 0) is 19.5 Å². The molecule has 1 aromatic heterocycles. The van der Waals surface area contributed by atoms with Gasteiger partial charge in [-0.15, -0.1) is 0 Å². The number of amidine groups is 2. The van der Waals surface area contributed by atoms with Crippen LogP contribution in [0.2, 0.25) is 0 Å². The van der Waals surface area contributed by atoms with Gasteiger partial charge in [0.15, 0.2) is 0 Å². The molecule has 3 saturated carbocycles. The fourth-order valence-electron chi connectivity index (χ4n) is 5.80. The van der Waals surface area contributed by atoms with Crippen molar-refractivity contribution in [3.05, 3.63) is 41.6 Å². The Balaban J connectivity index is 1.28. The normalized spacial score (nSPS) is 31.3. The smallest absolute Gasteiger partial charge is 0.129 e. The molecule has 0 radical (unpaired) electrons. The van der Waals surface area contributed by atoms with Gasteiger partial charge in [0.2, 0.25) is 0 Å². The number of aromatic nitrogens is 2. The van der Waals surface area contributed by atoms with Crippen molar-refractivity contribution in [2.24, 2.45) is 21.1 Å². The van der Waals surface area contributed by atoms with Crippen LogP contribution in [0.4, 0.5) is 0 Å². The van der Waals surface area contributed by atoms with Gasteiger partial charge in [0.25, 0.3) is 0 Å². The summed E-state index contributed by atoms with van der Waals surface area (Å²) in [5.41, 5.74) is 11.0. The molecule has 1 aromatic rings. The second kappa shape index (κ2) is 7.62. The van der Waals surface area contributed by atoms with E-state index in [1.807, 2.05) is 13.1 Å². The quantitative estimate of drug-likeness (QED) is 0.576. The first-order valence-electron chi connectivity index (χ1n) is 11.7. The Kier molecular flexibility index (Phi) is 5.04. The Hall–Kier alpha value is -2.41. The minimum Gasteiger partial charge on any atom is -0.352 e. The molecule has 3 N–H and O–H groups in total. The van der Waals surface area contributed by atoms with Crippen LogP contribution in [0.3, 0.4) is 0 Å². The zero-order valence-electron chi connectivity index (χ0n) is 19.0. The van der Waals surface area contributed by atoms with Gasteiger partial charge in [-0.05, 0) is 64.0 Å². The van der Waals surface area contributed by atoms with E-state index in [0.717, 1.165) is 55.7 Å². The van der Waals surface area contributed by atoms with Gasteiger partial charge in [0.1, 0.15) is 17.5 Å². The average Bonchev–Trinajstić information content (AvgIpc) is 3.37. The topological polar surface area (TPSA) is 83.8 Å². The summed E-state index contributed by atoms with van der Waals surface area (Å²) in [7, 11) is 0. The number of nitrogens with one attached hydrogen (secondary N) is 1. The van der Waals surface area contributed by atoms with E-state index in [1.165, 1.54) is 49.8 Å². The van der Waals surface area contributed by atoms with Gasteiger partial charge in [-0.1, -0.05) is 12.7 Å². The molecule has 3 fully saturated rings. The predicted octanol–water partition coefficient (Wildman–Crippen LogP) is 3.40. The number of nitrogens with zero attached hydrogens (tertiary/aromatic N) is 5. The van der Waals surface area contributed by atoms with Crippen LogP contribution < -0.4 is 11.1 Å². The molecular weight excluding hydrogens is 386 g/mol. The molecule has 2 aliphatic heterocycles. The van der Waals surface area contributed by atoms with E-state index < -0.39 is 0 Å². The van der Waals surface area contributed by atoms with Crippen molar-refractivity contribution in [3.8, 4) is 0 Å². The molecule has 0 aromatic carbocycles. The van der Waals surface area contributed by atoms with Crippen molar-refractivity contribution >= 4 is 11.7 Å². The molecule has 0 amide bonds. The number of hydrogen-bond donors (Lipinski definition) is 2. The average molecular weight is 422 g/mol. The number of aliphatic imine (C=N–C) groups is 2. The third kappa shape index (κ3) is 3.95. The van der Waals surface area contributed by atoms with Gasteiger partial charge < -0.3 is 16.0 Å². The van der Waals surface area contributed by atoms with Crippen LogP contribution in [-0.4, -0.2) is 38.4 Å². The van der Waals surface area contributed by atoms with E-state index in [2.05, 4.69) is 44.5 Å². The number of fused-ring (bicyclic) bond motifs is 4. The summed E-state index contributed by atoms with van der Waals surface area (Å²) >= 11 is 0. The highest BCUT2D eigenvalue weighted by Gasteiger charge is 2.47. The second-order valence-electron chi connectivity index (χ2n) is 10.1. The standard InChI is InChI=1S/C24H35N7/c1-17-20-15-30(19(3)27-18(2)28-22-5-4-13-26-22)14-6-21(20)31(29-17)16-23-7-10-24(25,11-8-23)12-9-23/h4,13H,3,5-12,14-16,25H2,1-2H3,(H,26,27,28). The molecule has 5 aliphatic rings. The maximum absolute atomic E-state index is 6.53. The van der Waals surface area contributed by atoms with Crippen molar-refractivity contribution < 1.29 is 0 Å². The van der Waals surface area contributed by atoms with Crippen LogP contribution >= 0.6 is 0 Å². The van der Waals surface area contributed by atoms with Crippen molar-refractivity contribution in [1.82, 2.24) is 20.0 Å². The Labute approximate surface area is 185 Å². The summed E-state index contributed by atoms with van der Waals surface area (Å²) in [6.07, 6.45) is 13.1. The summed E-state index contributed by atoms with van der Waals surface area (Å²) in [5, 5.41) is 8.13. The van der Waals surface area contributed by atoms with Crippen LogP contribution in [0.15, 0.2) is 34.7 Å². The van der Waals surface area contributed by atoms with Gasteiger partial charge in [-0.25, -0.2) is 9.98 Å². The van der Waals surface area contributed by atoms with E-state index in [9.17, 15) is 0 Å². The summed E-state index contributed by atoms with van der Waals surface area (Å²) in [4.78, 5) is 11.5. The molecule has 6 rings (SSSR count). The van der Waals surface area contributed by atoms with E-state index in [4.69, 9.17) is 10.8 Å². The summed E-state index contributed by atoms with van der Waals surface area (Å²) in [6, 6.07) is 0. The van der Waals surface area contributed by atoms with Crippen LogP contribution in [0.25, 0.3) is 0 Å².